The Morgan fingerprint density at radius 2 is 2.35 bits per heavy atom. The summed E-state index contributed by atoms with van der Waals surface area (Å²) in [6.45, 7) is 2.26. The topological polar surface area (TPSA) is 33.1 Å². The van der Waals surface area contributed by atoms with E-state index in [2.05, 4.69) is 18.0 Å². The van der Waals surface area contributed by atoms with Gasteiger partial charge in [0.2, 0.25) is 0 Å². The Hall–Kier alpha value is -0.890. The number of hydrogen-bond donors (Lipinski definition) is 1. The molecule has 3 unspecified atom stereocenters. The number of rotatable bonds is 4. The average molecular weight is 233 g/mol. The van der Waals surface area contributed by atoms with Crippen molar-refractivity contribution in [3.05, 3.63) is 30.1 Å². The van der Waals surface area contributed by atoms with Gasteiger partial charge in [0.25, 0.3) is 0 Å². The summed E-state index contributed by atoms with van der Waals surface area (Å²) in [6, 6.07) is 3.99. The molecule has 1 aromatic heterocycles. The van der Waals surface area contributed by atoms with Crippen LogP contribution in [0.15, 0.2) is 24.5 Å². The van der Waals surface area contributed by atoms with Crippen LogP contribution < -0.4 is 0 Å². The molecule has 1 saturated carbocycles. The van der Waals surface area contributed by atoms with E-state index in [9.17, 15) is 5.11 Å². The first kappa shape index (κ1) is 12.6. The molecule has 2 nitrogen and oxygen atoms in total. The van der Waals surface area contributed by atoms with E-state index in [1.807, 2.05) is 12.3 Å². The summed E-state index contributed by atoms with van der Waals surface area (Å²) >= 11 is 0. The molecule has 0 aromatic carbocycles. The van der Waals surface area contributed by atoms with Crippen LogP contribution in [0.1, 0.15) is 44.6 Å². The quantitative estimate of drug-likeness (QED) is 0.866. The smallest absolute Gasteiger partial charge is 0.0609 e. The fraction of sp³-hybridized carbons (Fsp3) is 0.667. The normalized spacial score (nSPS) is 26.7. The van der Waals surface area contributed by atoms with Crippen LogP contribution in [0.2, 0.25) is 0 Å². The second-order valence-electron chi connectivity index (χ2n) is 5.33. The summed E-state index contributed by atoms with van der Waals surface area (Å²) in [6.07, 6.45) is 10.5. The minimum absolute atomic E-state index is 0.187. The Kier molecular flexibility index (Phi) is 4.55. The first-order valence-corrected chi connectivity index (χ1v) is 6.86. The molecule has 0 radical (unpaired) electrons. The van der Waals surface area contributed by atoms with Crippen LogP contribution in [0.5, 0.6) is 0 Å². The number of nitrogens with zero attached hydrogens (tertiary/aromatic N) is 1. The number of hydrogen-bond acceptors (Lipinski definition) is 2. The number of aromatic nitrogens is 1. The van der Waals surface area contributed by atoms with Gasteiger partial charge in [-0.25, -0.2) is 0 Å². The van der Waals surface area contributed by atoms with Crippen LogP contribution in [0.4, 0.5) is 0 Å². The molecule has 1 N–H and O–H groups in total. The third-order valence-corrected chi connectivity index (χ3v) is 4.11. The predicted octanol–water partition coefficient (Wildman–Crippen LogP) is 3.20. The van der Waals surface area contributed by atoms with E-state index >= 15 is 0 Å². The zero-order valence-electron chi connectivity index (χ0n) is 10.7. The Labute approximate surface area is 104 Å². The van der Waals surface area contributed by atoms with E-state index in [1.165, 1.54) is 32.1 Å². The van der Waals surface area contributed by atoms with Crippen LogP contribution in [-0.4, -0.2) is 16.2 Å². The molecule has 0 amide bonds. The lowest BCUT2D eigenvalue weighted by atomic mass is 9.76. The van der Waals surface area contributed by atoms with Crippen molar-refractivity contribution in [3.8, 4) is 0 Å². The van der Waals surface area contributed by atoms with Crippen molar-refractivity contribution < 1.29 is 5.11 Å². The fourth-order valence-electron chi connectivity index (χ4n) is 2.98. The monoisotopic (exact) mass is 233 g/mol. The average Bonchev–Trinajstić information content (AvgIpc) is 2.40. The molecule has 2 rings (SSSR count). The molecule has 94 valence electrons. The van der Waals surface area contributed by atoms with Gasteiger partial charge in [-0.15, -0.1) is 0 Å². The first-order chi connectivity index (χ1) is 8.29. The van der Waals surface area contributed by atoms with Crippen molar-refractivity contribution in [3.63, 3.8) is 0 Å². The van der Waals surface area contributed by atoms with Crippen molar-refractivity contribution >= 4 is 0 Å². The van der Waals surface area contributed by atoms with Crippen molar-refractivity contribution in [2.45, 2.75) is 51.6 Å². The maximum absolute atomic E-state index is 10.3. The molecule has 0 spiro atoms. The van der Waals surface area contributed by atoms with E-state index in [0.717, 1.165) is 17.9 Å². The molecule has 3 atom stereocenters. The maximum atomic E-state index is 10.3. The van der Waals surface area contributed by atoms with Crippen LogP contribution in [0, 0.1) is 11.8 Å². The van der Waals surface area contributed by atoms with Crippen molar-refractivity contribution in [2.24, 2.45) is 11.8 Å². The highest BCUT2D eigenvalue weighted by atomic mass is 16.3. The van der Waals surface area contributed by atoms with E-state index in [4.69, 9.17) is 0 Å². The minimum atomic E-state index is -0.187. The van der Waals surface area contributed by atoms with Gasteiger partial charge in [0.05, 0.1) is 6.10 Å². The molecule has 2 heteroatoms. The van der Waals surface area contributed by atoms with Gasteiger partial charge in [0, 0.05) is 18.8 Å². The summed E-state index contributed by atoms with van der Waals surface area (Å²) in [5, 5.41) is 10.3. The number of aliphatic hydroxyl groups is 1. The van der Waals surface area contributed by atoms with Crippen molar-refractivity contribution in [2.75, 3.05) is 0 Å². The molecule has 0 bridgehead atoms. The van der Waals surface area contributed by atoms with Gasteiger partial charge in [-0.1, -0.05) is 32.3 Å². The van der Waals surface area contributed by atoms with Crippen LogP contribution in [-0.2, 0) is 6.42 Å². The highest BCUT2D eigenvalue weighted by Gasteiger charge is 2.26. The maximum Gasteiger partial charge on any atom is 0.0609 e. The lowest BCUT2D eigenvalue weighted by Gasteiger charge is -2.31. The van der Waals surface area contributed by atoms with Crippen LogP contribution in [0.25, 0.3) is 0 Å². The summed E-state index contributed by atoms with van der Waals surface area (Å²) in [5.74, 6) is 1.33. The number of pyridine rings is 1. The molecule has 17 heavy (non-hydrogen) atoms. The summed E-state index contributed by atoms with van der Waals surface area (Å²) in [5.41, 5.74) is 1.15. The predicted molar refractivity (Wildman–Crippen MR) is 69.7 cm³/mol. The molecule has 1 fully saturated rings. The van der Waals surface area contributed by atoms with Gasteiger partial charge in [-0.05, 0) is 36.3 Å². The van der Waals surface area contributed by atoms with Gasteiger partial charge < -0.3 is 5.11 Å². The third-order valence-electron chi connectivity index (χ3n) is 4.11. The summed E-state index contributed by atoms with van der Waals surface area (Å²) < 4.78 is 0. The first-order valence-electron chi connectivity index (χ1n) is 6.86. The van der Waals surface area contributed by atoms with Crippen molar-refractivity contribution in [1.82, 2.24) is 4.98 Å². The molecule has 1 heterocycles. The molecule has 1 aliphatic carbocycles. The van der Waals surface area contributed by atoms with Crippen LogP contribution in [0.3, 0.4) is 0 Å². The molecule has 0 aliphatic heterocycles. The second kappa shape index (κ2) is 6.15. The zero-order valence-corrected chi connectivity index (χ0v) is 10.7. The molecular weight excluding hydrogens is 210 g/mol. The van der Waals surface area contributed by atoms with E-state index in [0.29, 0.717) is 5.92 Å². The lowest BCUT2D eigenvalue weighted by molar-refractivity contribution is 0.0684. The van der Waals surface area contributed by atoms with Gasteiger partial charge in [0.15, 0.2) is 0 Å². The minimum Gasteiger partial charge on any atom is -0.392 e. The Balaban J connectivity index is 1.89. The third kappa shape index (κ3) is 3.53. The van der Waals surface area contributed by atoms with Gasteiger partial charge in [0.1, 0.15) is 0 Å². The van der Waals surface area contributed by atoms with E-state index < -0.39 is 0 Å². The van der Waals surface area contributed by atoms with Gasteiger partial charge >= 0.3 is 0 Å². The lowest BCUT2D eigenvalue weighted by Crippen LogP contribution is -2.28. The highest BCUT2D eigenvalue weighted by molar-refractivity contribution is 5.09. The molecule has 0 saturated heterocycles. The van der Waals surface area contributed by atoms with Crippen molar-refractivity contribution in [1.29, 1.82) is 0 Å². The Bertz CT molecular complexity index is 325. The van der Waals surface area contributed by atoms with E-state index in [1.54, 1.807) is 6.20 Å². The Morgan fingerprint density at radius 1 is 1.47 bits per heavy atom. The van der Waals surface area contributed by atoms with Gasteiger partial charge in [-0.3, -0.25) is 4.98 Å². The van der Waals surface area contributed by atoms with Crippen LogP contribution >= 0.6 is 0 Å². The zero-order chi connectivity index (χ0) is 12.1. The summed E-state index contributed by atoms with van der Waals surface area (Å²) in [7, 11) is 0. The molecule has 1 aliphatic rings. The second-order valence-corrected chi connectivity index (χ2v) is 5.33. The summed E-state index contributed by atoms with van der Waals surface area (Å²) in [4.78, 5) is 4.10. The fourth-order valence-corrected chi connectivity index (χ4v) is 2.98. The largest absolute Gasteiger partial charge is 0.392 e. The standard InChI is InChI=1S/C15H23NO/c1-2-12-5-3-7-14(9-12)15(17)10-13-6-4-8-16-11-13/h4,6,8,11-12,14-15,17H,2-3,5,7,9-10H2,1H3. The SMILES string of the molecule is CCC1CCCC(C(O)Cc2cccnc2)C1. The molecular formula is C15H23NO. The highest BCUT2D eigenvalue weighted by Crippen LogP contribution is 2.33. The van der Waals surface area contributed by atoms with E-state index in [-0.39, 0.29) is 6.10 Å². The molecule has 1 aromatic rings. The van der Waals surface area contributed by atoms with Gasteiger partial charge in [-0.2, -0.15) is 0 Å². The Morgan fingerprint density at radius 3 is 3.06 bits per heavy atom. The number of aliphatic hydroxyl groups excluding tert-OH is 1.